The molecule has 2 aromatic carbocycles. The molecular formula is C17H18FNO2. The number of carbonyl (C=O) groups is 1. The second kappa shape index (κ2) is 6.99. The van der Waals surface area contributed by atoms with Gasteiger partial charge in [-0.05, 0) is 25.2 Å². The Bertz CT molecular complexity index is 628. The van der Waals surface area contributed by atoms with Crippen molar-refractivity contribution >= 4 is 5.78 Å². The zero-order valence-corrected chi connectivity index (χ0v) is 12.2. The standard InChI is InChI=1S/C17H18FNO2/c1-19(11-14-6-3-4-9-16(14)18)12-17(20)13-7-5-8-15(10-13)21-2/h3-10H,11-12H2,1-2H3. The van der Waals surface area contributed by atoms with Gasteiger partial charge in [0, 0.05) is 17.7 Å². The molecule has 2 aromatic rings. The number of rotatable bonds is 6. The van der Waals surface area contributed by atoms with Crippen molar-refractivity contribution in [3.63, 3.8) is 0 Å². The maximum absolute atomic E-state index is 13.6. The average Bonchev–Trinajstić information content (AvgIpc) is 2.49. The number of Topliss-reactive ketones (excluding diaryl/α,β-unsaturated/α-hetero) is 1. The molecule has 0 spiro atoms. The van der Waals surface area contributed by atoms with Gasteiger partial charge >= 0.3 is 0 Å². The maximum atomic E-state index is 13.6. The normalized spacial score (nSPS) is 10.7. The molecule has 2 rings (SSSR count). The molecule has 0 radical (unpaired) electrons. The van der Waals surface area contributed by atoms with Crippen molar-refractivity contribution in [1.29, 1.82) is 0 Å². The molecule has 21 heavy (non-hydrogen) atoms. The fraction of sp³-hybridized carbons (Fsp3) is 0.235. The van der Waals surface area contributed by atoms with E-state index in [0.717, 1.165) is 0 Å². The van der Waals surface area contributed by atoms with Crippen molar-refractivity contribution in [3.05, 3.63) is 65.5 Å². The van der Waals surface area contributed by atoms with E-state index in [1.54, 1.807) is 61.5 Å². The Morgan fingerprint density at radius 3 is 2.67 bits per heavy atom. The summed E-state index contributed by atoms with van der Waals surface area (Å²) in [4.78, 5) is 14.0. The fourth-order valence-electron chi connectivity index (χ4n) is 2.11. The first-order valence-corrected chi connectivity index (χ1v) is 6.69. The monoisotopic (exact) mass is 287 g/mol. The summed E-state index contributed by atoms with van der Waals surface area (Å²) in [5.41, 5.74) is 1.17. The third kappa shape index (κ3) is 4.13. The van der Waals surface area contributed by atoms with E-state index in [1.165, 1.54) is 6.07 Å². The van der Waals surface area contributed by atoms with Gasteiger partial charge < -0.3 is 4.74 Å². The number of halogens is 1. The molecule has 0 aliphatic heterocycles. The van der Waals surface area contributed by atoms with E-state index < -0.39 is 0 Å². The van der Waals surface area contributed by atoms with Crippen LogP contribution in [0.1, 0.15) is 15.9 Å². The number of ether oxygens (including phenoxy) is 1. The highest BCUT2D eigenvalue weighted by Crippen LogP contribution is 2.14. The Balaban J connectivity index is 2.00. The minimum absolute atomic E-state index is 0.0206. The van der Waals surface area contributed by atoms with Gasteiger partial charge in [0.05, 0.1) is 13.7 Å². The van der Waals surface area contributed by atoms with Gasteiger partial charge in [0.25, 0.3) is 0 Å². The molecular weight excluding hydrogens is 269 g/mol. The number of hydrogen-bond acceptors (Lipinski definition) is 3. The van der Waals surface area contributed by atoms with E-state index in [0.29, 0.717) is 23.4 Å². The predicted molar refractivity (Wildman–Crippen MR) is 80.1 cm³/mol. The Hall–Kier alpha value is -2.20. The summed E-state index contributed by atoms with van der Waals surface area (Å²) < 4.78 is 18.7. The van der Waals surface area contributed by atoms with E-state index in [4.69, 9.17) is 4.74 Å². The molecule has 0 fully saturated rings. The van der Waals surface area contributed by atoms with Crippen molar-refractivity contribution in [2.45, 2.75) is 6.54 Å². The molecule has 0 aliphatic rings. The quantitative estimate of drug-likeness (QED) is 0.764. The van der Waals surface area contributed by atoms with Crippen LogP contribution in [-0.2, 0) is 6.54 Å². The minimum Gasteiger partial charge on any atom is -0.497 e. The molecule has 0 atom stereocenters. The molecule has 0 bridgehead atoms. The van der Waals surface area contributed by atoms with Gasteiger partial charge in [0.15, 0.2) is 5.78 Å². The van der Waals surface area contributed by atoms with E-state index in [-0.39, 0.29) is 18.1 Å². The lowest BCUT2D eigenvalue weighted by Crippen LogP contribution is -2.26. The third-order valence-corrected chi connectivity index (χ3v) is 3.20. The summed E-state index contributed by atoms with van der Waals surface area (Å²) >= 11 is 0. The first kappa shape index (κ1) is 15.2. The predicted octanol–water partition coefficient (Wildman–Crippen LogP) is 3.15. The van der Waals surface area contributed by atoms with Crippen LogP contribution in [0.2, 0.25) is 0 Å². The second-order valence-corrected chi connectivity index (χ2v) is 4.92. The second-order valence-electron chi connectivity index (χ2n) is 4.92. The van der Waals surface area contributed by atoms with Crippen LogP contribution in [0.25, 0.3) is 0 Å². The molecule has 4 heteroatoms. The SMILES string of the molecule is COc1cccc(C(=O)CN(C)Cc2ccccc2F)c1. The molecule has 0 heterocycles. The van der Waals surface area contributed by atoms with Gasteiger partial charge in [-0.15, -0.1) is 0 Å². The minimum atomic E-state index is -0.252. The van der Waals surface area contributed by atoms with Gasteiger partial charge in [-0.1, -0.05) is 30.3 Å². The van der Waals surface area contributed by atoms with Crippen molar-refractivity contribution < 1.29 is 13.9 Å². The van der Waals surface area contributed by atoms with Crippen molar-refractivity contribution in [2.75, 3.05) is 20.7 Å². The van der Waals surface area contributed by atoms with Gasteiger partial charge in [-0.25, -0.2) is 4.39 Å². The highest BCUT2D eigenvalue weighted by Gasteiger charge is 2.12. The summed E-state index contributed by atoms with van der Waals surface area (Å²) in [6.07, 6.45) is 0. The van der Waals surface area contributed by atoms with Crippen molar-refractivity contribution in [3.8, 4) is 5.75 Å². The lowest BCUT2D eigenvalue weighted by atomic mass is 10.1. The Morgan fingerprint density at radius 1 is 1.19 bits per heavy atom. The lowest BCUT2D eigenvalue weighted by Gasteiger charge is -2.16. The number of methoxy groups -OCH3 is 1. The Morgan fingerprint density at radius 2 is 1.95 bits per heavy atom. The van der Waals surface area contributed by atoms with Gasteiger partial charge in [0.1, 0.15) is 11.6 Å². The van der Waals surface area contributed by atoms with Crippen LogP contribution in [0.5, 0.6) is 5.75 Å². The highest BCUT2D eigenvalue weighted by molar-refractivity contribution is 5.97. The molecule has 0 N–H and O–H groups in total. The van der Waals surface area contributed by atoms with Crippen LogP contribution >= 0.6 is 0 Å². The average molecular weight is 287 g/mol. The summed E-state index contributed by atoms with van der Waals surface area (Å²) in [6.45, 7) is 0.615. The van der Waals surface area contributed by atoms with Crippen LogP contribution in [0.15, 0.2) is 48.5 Å². The fourth-order valence-corrected chi connectivity index (χ4v) is 2.11. The van der Waals surface area contributed by atoms with Gasteiger partial charge in [-0.2, -0.15) is 0 Å². The Labute approximate surface area is 124 Å². The van der Waals surface area contributed by atoms with Crippen LogP contribution < -0.4 is 4.74 Å². The zero-order chi connectivity index (χ0) is 15.2. The van der Waals surface area contributed by atoms with Crippen LogP contribution in [0.3, 0.4) is 0 Å². The molecule has 0 amide bonds. The van der Waals surface area contributed by atoms with E-state index in [2.05, 4.69) is 0 Å². The molecule has 110 valence electrons. The smallest absolute Gasteiger partial charge is 0.176 e. The number of benzene rings is 2. The Kier molecular flexibility index (Phi) is 5.06. The summed E-state index contributed by atoms with van der Waals surface area (Å²) in [7, 11) is 3.36. The first-order chi connectivity index (χ1) is 10.1. The van der Waals surface area contributed by atoms with Crippen LogP contribution in [0, 0.1) is 5.82 Å². The maximum Gasteiger partial charge on any atom is 0.176 e. The largest absolute Gasteiger partial charge is 0.497 e. The molecule has 0 saturated heterocycles. The van der Waals surface area contributed by atoms with E-state index in [1.807, 2.05) is 0 Å². The molecule has 0 aromatic heterocycles. The summed E-state index contributed by atoms with van der Waals surface area (Å²) in [5, 5.41) is 0. The topological polar surface area (TPSA) is 29.5 Å². The van der Waals surface area contributed by atoms with Crippen molar-refractivity contribution in [1.82, 2.24) is 4.90 Å². The number of nitrogens with zero attached hydrogens (tertiary/aromatic N) is 1. The van der Waals surface area contributed by atoms with Crippen LogP contribution in [-0.4, -0.2) is 31.4 Å². The lowest BCUT2D eigenvalue weighted by molar-refractivity contribution is 0.0942. The highest BCUT2D eigenvalue weighted by atomic mass is 19.1. The van der Waals surface area contributed by atoms with Crippen molar-refractivity contribution in [2.24, 2.45) is 0 Å². The number of ketones is 1. The molecule has 0 unspecified atom stereocenters. The number of carbonyl (C=O) groups excluding carboxylic acids is 1. The third-order valence-electron chi connectivity index (χ3n) is 3.20. The van der Waals surface area contributed by atoms with E-state index >= 15 is 0 Å². The number of hydrogen-bond donors (Lipinski definition) is 0. The molecule has 0 aliphatic carbocycles. The zero-order valence-electron chi connectivity index (χ0n) is 12.2. The van der Waals surface area contributed by atoms with Crippen LogP contribution in [0.4, 0.5) is 4.39 Å². The summed E-state index contributed by atoms with van der Waals surface area (Å²) in [6, 6.07) is 13.6. The molecule has 3 nitrogen and oxygen atoms in total. The summed E-state index contributed by atoms with van der Waals surface area (Å²) in [5.74, 6) is 0.378. The first-order valence-electron chi connectivity index (χ1n) is 6.69. The van der Waals surface area contributed by atoms with E-state index in [9.17, 15) is 9.18 Å². The van der Waals surface area contributed by atoms with Gasteiger partial charge in [0.2, 0.25) is 0 Å². The number of likely N-dealkylation sites (N-methyl/N-ethyl adjacent to an activating group) is 1. The van der Waals surface area contributed by atoms with Gasteiger partial charge in [-0.3, -0.25) is 9.69 Å². The molecule has 0 saturated carbocycles.